The Hall–Kier alpha value is -0.970. The fourth-order valence-corrected chi connectivity index (χ4v) is 3.77. The Bertz CT molecular complexity index is 295. The molecule has 0 N–H and O–H groups in total. The van der Waals surface area contributed by atoms with Crippen LogP contribution in [0.2, 0.25) is 0 Å². The van der Waals surface area contributed by atoms with Crippen molar-refractivity contribution in [3.05, 3.63) is 12.2 Å². The lowest BCUT2D eigenvalue weighted by atomic mass is 9.83. The summed E-state index contributed by atoms with van der Waals surface area (Å²) in [5, 5.41) is 0.123. The molecule has 0 aliphatic carbocycles. The van der Waals surface area contributed by atoms with E-state index in [9.17, 15) is 9.59 Å². The van der Waals surface area contributed by atoms with Crippen molar-refractivity contribution in [1.82, 2.24) is 0 Å². The van der Waals surface area contributed by atoms with Gasteiger partial charge in [0.25, 0.3) is 0 Å². The summed E-state index contributed by atoms with van der Waals surface area (Å²) >= 11 is 1.62. The Balaban J connectivity index is 2.24. The normalized spacial score (nSPS) is 36.7. The van der Waals surface area contributed by atoms with Crippen molar-refractivity contribution in [2.75, 3.05) is 14.2 Å². The van der Waals surface area contributed by atoms with E-state index < -0.39 is 0 Å². The second kappa shape index (κ2) is 3.89. The molecule has 82 valence electrons. The summed E-state index contributed by atoms with van der Waals surface area (Å²) < 4.78 is 9.44. The number of fused-ring (bicyclic) bond motifs is 2. The number of carbonyl (C=O) groups excluding carboxylic acids is 2. The third-order valence-corrected chi connectivity index (χ3v) is 4.38. The largest absolute Gasteiger partial charge is 0.469 e. The number of methoxy groups -OCH3 is 2. The van der Waals surface area contributed by atoms with Crippen LogP contribution in [0.5, 0.6) is 0 Å². The molecule has 0 spiro atoms. The lowest BCUT2D eigenvalue weighted by molar-refractivity contribution is -0.156. The molecule has 2 aliphatic heterocycles. The molecule has 0 amide bonds. The highest BCUT2D eigenvalue weighted by atomic mass is 32.2. The van der Waals surface area contributed by atoms with E-state index in [2.05, 4.69) is 0 Å². The predicted molar refractivity (Wildman–Crippen MR) is 55.3 cm³/mol. The molecular weight excluding hydrogens is 216 g/mol. The minimum absolute atomic E-state index is 0.0616. The van der Waals surface area contributed by atoms with E-state index in [0.717, 1.165) is 0 Å². The molecule has 15 heavy (non-hydrogen) atoms. The van der Waals surface area contributed by atoms with E-state index in [-0.39, 0.29) is 34.3 Å². The number of ether oxygens (including phenoxy) is 2. The molecule has 0 aromatic heterocycles. The monoisotopic (exact) mass is 228 g/mol. The summed E-state index contributed by atoms with van der Waals surface area (Å²) in [5.74, 6) is -1.42. The topological polar surface area (TPSA) is 52.6 Å². The van der Waals surface area contributed by atoms with Crippen LogP contribution in [0, 0.1) is 11.8 Å². The van der Waals surface area contributed by atoms with Crippen LogP contribution in [-0.2, 0) is 19.1 Å². The highest BCUT2D eigenvalue weighted by molar-refractivity contribution is 8.01. The van der Waals surface area contributed by atoms with E-state index >= 15 is 0 Å². The van der Waals surface area contributed by atoms with Gasteiger partial charge in [-0.15, -0.1) is 11.8 Å². The number of hydrogen-bond donors (Lipinski definition) is 0. The average Bonchev–Trinajstić information content (AvgIpc) is 2.86. The van der Waals surface area contributed by atoms with Gasteiger partial charge in [0.1, 0.15) is 0 Å². The maximum atomic E-state index is 11.6. The molecule has 0 saturated carbocycles. The molecule has 0 aromatic carbocycles. The molecule has 2 aliphatic rings. The molecule has 1 saturated heterocycles. The number of carbonyl (C=O) groups is 2. The van der Waals surface area contributed by atoms with Crippen molar-refractivity contribution < 1.29 is 19.1 Å². The van der Waals surface area contributed by atoms with Gasteiger partial charge in [0, 0.05) is 10.5 Å². The maximum absolute atomic E-state index is 11.6. The van der Waals surface area contributed by atoms with Gasteiger partial charge in [-0.3, -0.25) is 9.59 Å². The quantitative estimate of drug-likeness (QED) is 0.512. The van der Waals surface area contributed by atoms with Crippen molar-refractivity contribution in [2.24, 2.45) is 11.8 Å². The third kappa shape index (κ3) is 1.55. The molecule has 0 aromatic rings. The summed E-state index contributed by atoms with van der Waals surface area (Å²) in [7, 11) is 2.69. The smallest absolute Gasteiger partial charge is 0.311 e. The van der Waals surface area contributed by atoms with Crippen molar-refractivity contribution in [3.8, 4) is 0 Å². The fourth-order valence-electron chi connectivity index (χ4n) is 2.14. The maximum Gasteiger partial charge on any atom is 0.311 e. The first-order valence-electron chi connectivity index (χ1n) is 4.68. The predicted octanol–water partition coefficient (Wildman–Crippen LogP) is 0.619. The van der Waals surface area contributed by atoms with Gasteiger partial charge < -0.3 is 9.47 Å². The minimum atomic E-state index is -0.387. The Kier molecular flexibility index (Phi) is 2.73. The fraction of sp³-hybridized carbons (Fsp3) is 0.600. The minimum Gasteiger partial charge on any atom is -0.469 e. The molecule has 2 heterocycles. The first-order chi connectivity index (χ1) is 7.19. The summed E-state index contributed by atoms with van der Waals surface area (Å²) in [6, 6.07) is 0. The number of hydrogen-bond acceptors (Lipinski definition) is 5. The van der Waals surface area contributed by atoms with Gasteiger partial charge in [0.15, 0.2) is 0 Å². The highest BCUT2D eigenvalue weighted by Crippen LogP contribution is 2.49. The van der Waals surface area contributed by atoms with E-state index in [1.165, 1.54) is 14.2 Å². The van der Waals surface area contributed by atoms with Crippen molar-refractivity contribution in [2.45, 2.75) is 10.5 Å². The van der Waals surface area contributed by atoms with Crippen LogP contribution in [0.3, 0.4) is 0 Å². The summed E-state index contributed by atoms with van der Waals surface area (Å²) in [6.07, 6.45) is 3.94. The van der Waals surface area contributed by atoms with E-state index in [1.54, 1.807) is 11.8 Å². The van der Waals surface area contributed by atoms with Gasteiger partial charge in [-0.05, 0) is 0 Å². The number of thioether (sulfide) groups is 1. The Morgan fingerprint density at radius 1 is 1.00 bits per heavy atom. The molecule has 2 rings (SSSR count). The zero-order valence-corrected chi connectivity index (χ0v) is 9.32. The third-order valence-electron chi connectivity index (χ3n) is 2.85. The zero-order valence-electron chi connectivity index (χ0n) is 8.51. The Labute approximate surface area is 92.0 Å². The molecule has 5 heteroatoms. The number of esters is 2. The number of rotatable bonds is 2. The van der Waals surface area contributed by atoms with Crippen LogP contribution in [0.25, 0.3) is 0 Å². The van der Waals surface area contributed by atoms with Gasteiger partial charge in [0.2, 0.25) is 0 Å². The van der Waals surface area contributed by atoms with E-state index in [4.69, 9.17) is 9.47 Å². The van der Waals surface area contributed by atoms with Gasteiger partial charge >= 0.3 is 11.9 Å². The molecule has 4 nitrogen and oxygen atoms in total. The van der Waals surface area contributed by atoms with Gasteiger partial charge in [-0.1, -0.05) is 12.2 Å². The zero-order chi connectivity index (χ0) is 11.0. The summed E-state index contributed by atoms with van der Waals surface area (Å²) in [5.41, 5.74) is 0. The molecule has 0 radical (unpaired) electrons. The summed E-state index contributed by atoms with van der Waals surface area (Å²) in [6.45, 7) is 0. The molecule has 4 atom stereocenters. The standard InChI is InChI=1S/C10H12O4S/c1-13-9(11)7-5-3-4-6(15-5)8(7)10(12)14-2/h3-8H,1-2H3. The second-order valence-corrected chi connectivity index (χ2v) is 4.91. The molecule has 4 unspecified atom stereocenters. The van der Waals surface area contributed by atoms with Crippen molar-refractivity contribution in [1.29, 1.82) is 0 Å². The van der Waals surface area contributed by atoms with Crippen molar-refractivity contribution in [3.63, 3.8) is 0 Å². The Morgan fingerprint density at radius 3 is 1.73 bits per heavy atom. The van der Waals surface area contributed by atoms with Crippen LogP contribution < -0.4 is 0 Å². The van der Waals surface area contributed by atoms with Crippen LogP contribution in [0.1, 0.15) is 0 Å². The van der Waals surface area contributed by atoms with E-state index in [0.29, 0.717) is 0 Å². The first kappa shape index (κ1) is 10.5. The van der Waals surface area contributed by atoms with Crippen LogP contribution in [-0.4, -0.2) is 36.7 Å². The first-order valence-corrected chi connectivity index (χ1v) is 5.62. The second-order valence-electron chi connectivity index (χ2n) is 3.55. The summed E-state index contributed by atoms with van der Waals surface area (Å²) in [4.78, 5) is 23.1. The lowest BCUT2D eigenvalue weighted by Gasteiger charge is -2.22. The highest BCUT2D eigenvalue weighted by Gasteiger charge is 2.53. The average molecular weight is 228 g/mol. The SMILES string of the molecule is COC(=O)C1C2C=CC(S2)C1C(=O)OC. The van der Waals surface area contributed by atoms with Crippen LogP contribution >= 0.6 is 11.8 Å². The van der Waals surface area contributed by atoms with Crippen LogP contribution in [0.15, 0.2) is 12.2 Å². The van der Waals surface area contributed by atoms with Gasteiger partial charge in [-0.25, -0.2) is 0 Å². The van der Waals surface area contributed by atoms with Crippen LogP contribution in [0.4, 0.5) is 0 Å². The van der Waals surface area contributed by atoms with E-state index in [1.807, 2.05) is 12.2 Å². The van der Waals surface area contributed by atoms with Gasteiger partial charge in [-0.2, -0.15) is 0 Å². The van der Waals surface area contributed by atoms with Gasteiger partial charge in [0.05, 0.1) is 26.1 Å². The molecule has 2 bridgehead atoms. The molecule has 1 fully saturated rings. The van der Waals surface area contributed by atoms with Crippen molar-refractivity contribution >= 4 is 23.7 Å². The lowest BCUT2D eigenvalue weighted by Crippen LogP contribution is -2.37. The molecular formula is C10H12O4S. The Morgan fingerprint density at radius 2 is 1.40 bits per heavy atom.